The van der Waals surface area contributed by atoms with Crippen LogP contribution in [0.5, 0.6) is 5.75 Å². The van der Waals surface area contributed by atoms with E-state index in [2.05, 4.69) is 10.6 Å². The van der Waals surface area contributed by atoms with Gasteiger partial charge in [-0.1, -0.05) is 36.4 Å². The highest BCUT2D eigenvalue weighted by atomic mass is 16.5. The van der Waals surface area contributed by atoms with Crippen LogP contribution >= 0.6 is 0 Å². The van der Waals surface area contributed by atoms with Gasteiger partial charge in [-0.2, -0.15) is 0 Å². The topological polar surface area (TPSA) is 80.3 Å². The van der Waals surface area contributed by atoms with Gasteiger partial charge < -0.3 is 15.4 Å². The number of ether oxygens (including phenoxy) is 1. The molecule has 0 bridgehead atoms. The molecule has 31 heavy (non-hydrogen) atoms. The molecule has 0 aliphatic carbocycles. The lowest BCUT2D eigenvalue weighted by atomic mass is 10.0. The van der Waals surface area contributed by atoms with E-state index in [0.29, 0.717) is 33.9 Å². The van der Waals surface area contributed by atoms with Crippen molar-refractivity contribution in [1.29, 1.82) is 0 Å². The summed E-state index contributed by atoms with van der Waals surface area (Å²) in [5.74, 6) is 0.236. The number of carbonyl (C=O) groups excluding carboxylic acids is 2. The molecule has 4 rings (SSSR count). The van der Waals surface area contributed by atoms with E-state index >= 15 is 0 Å². The molecule has 0 spiro atoms. The second-order valence-electron chi connectivity index (χ2n) is 6.99. The summed E-state index contributed by atoms with van der Waals surface area (Å²) in [6.07, 6.45) is 0. The number of anilines is 2. The molecule has 2 N–H and O–H groups in total. The first-order chi connectivity index (χ1) is 15.0. The van der Waals surface area contributed by atoms with Crippen LogP contribution in [-0.4, -0.2) is 23.9 Å². The van der Waals surface area contributed by atoms with Gasteiger partial charge in [-0.3, -0.25) is 9.59 Å². The molecule has 0 radical (unpaired) electrons. The van der Waals surface area contributed by atoms with Crippen LogP contribution in [0.4, 0.5) is 11.4 Å². The highest BCUT2D eigenvalue weighted by Crippen LogP contribution is 2.31. The van der Waals surface area contributed by atoms with Gasteiger partial charge in [0.15, 0.2) is 0 Å². The molecular formula is C25H21N3O3. The predicted octanol–water partition coefficient (Wildman–Crippen LogP) is 5.12. The van der Waals surface area contributed by atoms with Crippen LogP contribution in [0.2, 0.25) is 0 Å². The van der Waals surface area contributed by atoms with Crippen molar-refractivity contribution in [2.75, 3.05) is 17.7 Å². The Morgan fingerprint density at radius 3 is 2.32 bits per heavy atom. The van der Waals surface area contributed by atoms with E-state index in [-0.39, 0.29) is 11.8 Å². The average Bonchev–Trinajstić information content (AvgIpc) is 2.78. The van der Waals surface area contributed by atoms with Crippen molar-refractivity contribution in [3.63, 3.8) is 0 Å². The lowest BCUT2D eigenvalue weighted by molar-refractivity contribution is -0.114. The van der Waals surface area contributed by atoms with Crippen LogP contribution < -0.4 is 15.4 Å². The van der Waals surface area contributed by atoms with Gasteiger partial charge in [-0.15, -0.1) is 0 Å². The maximum Gasteiger partial charge on any atom is 0.256 e. The van der Waals surface area contributed by atoms with Crippen LogP contribution in [0.25, 0.3) is 22.2 Å². The minimum Gasteiger partial charge on any atom is -0.496 e. The SMILES string of the molecule is COc1ccccc1-c1cc(C(=O)Nc2cccc(NC(C)=O)c2)c2ccccc2n1. The average molecular weight is 411 g/mol. The van der Waals surface area contributed by atoms with Crippen molar-refractivity contribution < 1.29 is 14.3 Å². The lowest BCUT2D eigenvalue weighted by Gasteiger charge is -2.13. The van der Waals surface area contributed by atoms with Gasteiger partial charge in [-0.25, -0.2) is 4.98 Å². The van der Waals surface area contributed by atoms with Crippen molar-refractivity contribution in [1.82, 2.24) is 4.98 Å². The quantitative estimate of drug-likeness (QED) is 0.478. The number of nitrogens with zero attached hydrogens (tertiary/aromatic N) is 1. The van der Waals surface area contributed by atoms with Gasteiger partial charge >= 0.3 is 0 Å². The largest absolute Gasteiger partial charge is 0.496 e. The Morgan fingerprint density at radius 1 is 0.839 bits per heavy atom. The van der Waals surface area contributed by atoms with E-state index in [9.17, 15) is 9.59 Å². The summed E-state index contributed by atoms with van der Waals surface area (Å²) in [5.41, 5.74) is 3.85. The molecule has 0 saturated carbocycles. The van der Waals surface area contributed by atoms with Crippen LogP contribution in [0.15, 0.2) is 78.9 Å². The second-order valence-corrected chi connectivity index (χ2v) is 6.99. The summed E-state index contributed by atoms with van der Waals surface area (Å²) in [4.78, 5) is 29.3. The molecule has 6 heteroatoms. The molecule has 0 unspecified atom stereocenters. The zero-order valence-corrected chi connectivity index (χ0v) is 17.2. The number of methoxy groups -OCH3 is 1. The molecule has 1 aromatic heterocycles. The smallest absolute Gasteiger partial charge is 0.256 e. The fourth-order valence-corrected chi connectivity index (χ4v) is 3.43. The van der Waals surface area contributed by atoms with Gasteiger partial charge in [-0.05, 0) is 42.5 Å². The molecule has 3 aromatic carbocycles. The molecule has 2 amide bonds. The highest BCUT2D eigenvalue weighted by molar-refractivity contribution is 6.13. The Balaban J connectivity index is 1.76. The number of carbonyl (C=O) groups is 2. The number of rotatable bonds is 5. The van der Waals surface area contributed by atoms with Crippen molar-refractivity contribution in [3.05, 3.63) is 84.4 Å². The van der Waals surface area contributed by atoms with Gasteiger partial charge in [0, 0.05) is 29.2 Å². The number of nitrogens with one attached hydrogen (secondary N) is 2. The molecule has 0 aliphatic rings. The number of fused-ring (bicyclic) bond motifs is 1. The Hall–Kier alpha value is -4.19. The van der Waals surface area contributed by atoms with Crippen LogP contribution in [0.3, 0.4) is 0 Å². The molecule has 0 aliphatic heterocycles. The number of hydrogen-bond donors (Lipinski definition) is 2. The summed E-state index contributed by atoms with van der Waals surface area (Å²) >= 11 is 0. The number of benzene rings is 3. The van der Waals surface area contributed by atoms with Crippen molar-refractivity contribution >= 4 is 34.1 Å². The van der Waals surface area contributed by atoms with Gasteiger partial charge in [0.25, 0.3) is 5.91 Å². The zero-order chi connectivity index (χ0) is 21.8. The number of aromatic nitrogens is 1. The van der Waals surface area contributed by atoms with Crippen molar-refractivity contribution in [3.8, 4) is 17.0 Å². The maximum atomic E-state index is 13.2. The second kappa shape index (κ2) is 8.67. The Morgan fingerprint density at radius 2 is 1.55 bits per heavy atom. The number of pyridine rings is 1. The van der Waals surface area contributed by atoms with E-state index in [0.717, 1.165) is 10.9 Å². The van der Waals surface area contributed by atoms with Crippen LogP contribution in [0, 0.1) is 0 Å². The van der Waals surface area contributed by atoms with Crippen LogP contribution in [-0.2, 0) is 4.79 Å². The maximum absolute atomic E-state index is 13.2. The first kappa shape index (κ1) is 20.1. The number of amides is 2. The van der Waals surface area contributed by atoms with E-state index in [1.54, 1.807) is 37.4 Å². The first-order valence-electron chi connectivity index (χ1n) is 9.77. The van der Waals surface area contributed by atoms with E-state index in [4.69, 9.17) is 9.72 Å². The predicted molar refractivity (Wildman–Crippen MR) is 122 cm³/mol. The Kier molecular flexibility index (Phi) is 5.62. The summed E-state index contributed by atoms with van der Waals surface area (Å²) in [6.45, 7) is 1.44. The Bertz CT molecular complexity index is 1280. The molecule has 0 fully saturated rings. The molecule has 4 aromatic rings. The monoisotopic (exact) mass is 411 g/mol. The third-order valence-corrected chi connectivity index (χ3v) is 4.78. The van der Waals surface area contributed by atoms with E-state index < -0.39 is 0 Å². The normalized spacial score (nSPS) is 10.5. The molecule has 0 atom stereocenters. The minimum absolute atomic E-state index is 0.176. The third-order valence-electron chi connectivity index (χ3n) is 4.78. The molecule has 1 heterocycles. The van der Waals surface area contributed by atoms with Crippen LogP contribution in [0.1, 0.15) is 17.3 Å². The molecular weight excluding hydrogens is 390 g/mol. The third kappa shape index (κ3) is 4.38. The minimum atomic E-state index is -0.269. The van der Waals surface area contributed by atoms with Gasteiger partial charge in [0.05, 0.1) is 23.9 Å². The Labute approximate surface area is 179 Å². The first-order valence-corrected chi connectivity index (χ1v) is 9.77. The summed E-state index contributed by atoms with van der Waals surface area (Å²) < 4.78 is 5.48. The lowest BCUT2D eigenvalue weighted by Crippen LogP contribution is -2.13. The van der Waals surface area contributed by atoms with E-state index in [1.165, 1.54) is 6.92 Å². The van der Waals surface area contributed by atoms with Crippen molar-refractivity contribution in [2.24, 2.45) is 0 Å². The van der Waals surface area contributed by atoms with E-state index in [1.807, 2.05) is 48.5 Å². The molecule has 0 saturated heterocycles. The fraction of sp³-hybridized carbons (Fsp3) is 0.0800. The van der Waals surface area contributed by atoms with Gasteiger partial charge in [0.1, 0.15) is 5.75 Å². The summed E-state index contributed by atoms with van der Waals surface area (Å²) in [5, 5.41) is 6.39. The number of para-hydroxylation sites is 2. The molecule has 154 valence electrons. The number of hydrogen-bond acceptors (Lipinski definition) is 4. The fourth-order valence-electron chi connectivity index (χ4n) is 3.43. The molecule has 6 nitrogen and oxygen atoms in total. The van der Waals surface area contributed by atoms with Gasteiger partial charge in [0.2, 0.25) is 5.91 Å². The summed E-state index contributed by atoms with van der Waals surface area (Å²) in [7, 11) is 1.61. The standard InChI is InChI=1S/C25H21N3O3/c1-16(29)26-17-8-7-9-18(14-17)27-25(30)21-15-23(20-11-4-6-13-24(20)31-2)28-22-12-5-3-10-19(21)22/h3-15H,1-2H3,(H,26,29)(H,27,30). The highest BCUT2D eigenvalue weighted by Gasteiger charge is 2.16. The summed E-state index contributed by atoms with van der Waals surface area (Å²) in [6, 6.07) is 23.9. The zero-order valence-electron chi connectivity index (χ0n) is 17.2. The van der Waals surface area contributed by atoms with Crippen molar-refractivity contribution in [2.45, 2.75) is 6.92 Å².